The van der Waals surface area contributed by atoms with Crippen LogP contribution in [0.4, 0.5) is 0 Å². The average Bonchev–Trinajstić information content (AvgIpc) is 3.27. The lowest BCUT2D eigenvalue weighted by atomic mass is 10.2. The number of hydrogen-bond donors (Lipinski definition) is 1. The maximum atomic E-state index is 11.8. The van der Waals surface area contributed by atoms with E-state index >= 15 is 0 Å². The number of amides is 1. The van der Waals surface area contributed by atoms with E-state index in [0.29, 0.717) is 12.5 Å². The van der Waals surface area contributed by atoms with Crippen LogP contribution < -0.4 is 5.32 Å². The molecule has 1 saturated carbocycles. The summed E-state index contributed by atoms with van der Waals surface area (Å²) in [4.78, 5) is 11.8. The smallest absolute Gasteiger partial charge is 0.244 e. The maximum Gasteiger partial charge on any atom is 0.244 e. The van der Waals surface area contributed by atoms with Crippen LogP contribution in [0.25, 0.3) is 6.08 Å². The number of carbonyl (C=O) groups excluding carboxylic acids is 1. The van der Waals surface area contributed by atoms with Gasteiger partial charge in [-0.2, -0.15) is 5.10 Å². The summed E-state index contributed by atoms with van der Waals surface area (Å²) in [5.74, 6) is 0.572. The minimum atomic E-state index is -0.0996. The molecule has 1 aliphatic rings. The molecule has 4 nitrogen and oxygen atoms in total. The van der Waals surface area contributed by atoms with Gasteiger partial charge in [0.1, 0.15) is 0 Å². The second kappa shape index (κ2) is 5.95. The summed E-state index contributed by atoms with van der Waals surface area (Å²) in [5, 5.41) is 7.31. The monoisotopic (exact) mass is 281 g/mol. The Hall–Kier alpha value is -2.36. The summed E-state index contributed by atoms with van der Waals surface area (Å²) >= 11 is 0. The van der Waals surface area contributed by atoms with Crippen molar-refractivity contribution in [2.24, 2.45) is 7.05 Å². The molecule has 3 rings (SSSR count). The summed E-state index contributed by atoms with van der Waals surface area (Å²) in [6.07, 6.45) is 5.87. The molecule has 1 aromatic carbocycles. The Morgan fingerprint density at radius 2 is 2.14 bits per heavy atom. The van der Waals surface area contributed by atoms with Gasteiger partial charge in [0.05, 0.1) is 12.2 Å². The van der Waals surface area contributed by atoms with Gasteiger partial charge >= 0.3 is 0 Å². The van der Waals surface area contributed by atoms with E-state index in [0.717, 1.165) is 11.3 Å². The fourth-order valence-electron chi connectivity index (χ4n) is 2.36. The summed E-state index contributed by atoms with van der Waals surface area (Å²) in [5.41, 5.74) is 3.21. The fraction of sp³-hybridized carbons (Fsp3) is 0.294. The summed E-state index contributed by atoms with van der Waals surface area (Å²) in [6, 6.07) is 11.9. The van der Waals surface area contributed by atoms with Gasteiger partial charge in [0.2, 0.25) is 5.91 Å². The van der Waals surface area contributed by atoms with Crippen molar-refractivity contribution in [1.29, 1.82) is 0 Å². The van der Waals surface area contributed by atoms with Crippen LogP contribution in [0.1, 0.15) is 35.7 Å². The average molecular weight is 281 g/mol. The molecule has 1 fully saturated rings. The highest BCUT2D eigenvalue weighted by Crippen LogP contribution is 2.39. The van der Waals surface area contributed by atoms with Crippen molar-refractivity contribution in [2.75, 3.05) is 0 Å². The predicted octanol–water partition coefficient (Wildman–Crippen LogP) is 2.63. The Morgan fingerprint density at radius 1 is 1.38 bits per heavy atom. The van der Waals surface area contributed by atoms with E-state index in [-0.39, 0.29) is 5.91 Å². The van der Waals surface area contributed by atoms with Crippen molar-refractivity contribution < 1.29 is 4.79 Å². The van der Waals surface area contributed by atoms with Gasteiger partial charge in [-0.1, -0.05) is 30.3 Å². The third-order valence-electron chi connectivity index (χ3n) is 3.63. The molecule has 4 heteroatoms. The molecular weight excluding hydrogens is 262 g/mol. The lowest BCUT2D eigenvalue weighted by Gasteiger charge is -1.98. The number of aromatic nitrogens is 2. The number of benzene rings is 1. The molecule has 1 aromatic heterocycles. The highest BCUT2D eigenvalue weighted by atomic mass is 16.1. The normalized spacial score (nSPS) is 14.5. The molecule has 1 aliphatic carbocycles. The Kier molecular flexibility index (Phi) is 3.86. The van der Waals surface area contributed by atoms with E-state index in [4.69, 9.17) is 0 Å². The highest BCUT2D eigenvalue weighted by Gasteiger charge is 2.27. The highest BCUT2D eigenvalue weighted by molar-refractivity contribution is 5.91. The zero-order valence-corrected chi connectivity index (χ0v) is 12.1. The number of rotatable bonds is 5. The third kappa shape index (κ3) is 3.60. The first-order valence-corrected chi connectivity index (χ1v) is 7.26. The molecule has 0 bridgehead atoms. The third-order valence-corrected chi connectivity index (χ3v) is 3.63. The van der Waals surface area contributed by atoms with E-state index in [1.807, 2.05) is 48.1 Å². The Labute approximate surface area is 124 Å². The first-order chi connectivity index (χ1) is 10.2. The minimum Gasteiger partial charge on any atom is -0.347 e. The van der Waals surface area contributed by atoms with Crippen molar-refractivity contribution in [3.8, 4) is 0 Å². The van der Waals surface area contributed by atoms with Gasteiger partial charge in [-0.05, 0) is 30.5 Å². The van der Waals surface area contributed by atoms with E-state index < -0.39 is 0 Å². The molecular formula is C17H19N3O. The van der Waals surface area contributed by atoms with Crippen LogP contribution in [0.5, 0.6) is 0 Å². The topological polar surface area (TPSA) is 46.9 Å². The summed E-state index contributed by atoms with van der Waals surface area (Å²) in [7, 11) is 1.97. The van der Waals surface area contributed by atoms with Crippen molar-refractivity contribution in [2.45, 2.75) is 25.3 Å². The predicted molar refractivity (Wildman–Crippen MR) is 82.5 cm³/mol. The van der Waals surface area contributed by atoms with Crippen molar-refractivity contribution in [1.82, 2.24) is 15.1 Å². The van der Waals surface area contributed by atoms with E-state index in [1.54, 1.807) is 6.08 Å². The van der Waals surface area contributed by atoms with Gasteiger partial charge in [-0.3, -0.25) is 9.48 Å². The second-order valence-corrected chi connectivity index (χ2v) is 5.42. The lowest BCUT2D eigenvalue weighted by molar-refractivity contribution is -0.116. The molecule has 0 aliphatic heterocycles. The van der Waals surface area contributed by atoms with Crippen LogP contribution in [0.15, 0.2) is 42.5 Å². The van der Waals surface area contributed by atoms with E-state index in [9.17, 15) is 4.79 Å². The molecule has 108 valence electrons. The van der Waals surface area contributed by atoms with Gasteiger partial charge in [0, 0.05) is 24.7 Å². The molecule has 0 saturated heterocycles. The minimum absolute atomic E-state index is 0.0996. The fourth-order valence-corrected chi connectivity index (χ4v) is 2.36. The largest absolute Gasteiger partial charge is 0.347 e. The molecule has 0 atom stereocenters. The lowest BCUT2D eigenvalue weighted by Crippen LogP contribution is -2.20. The molecule has 2 aromatic rings. The number of aryl methyl sites for hydroxylation is 1. The molecule has 1 heterocycles. The van der Waals surface area contributed by atoms with Crippen LogP contribution in [-0.2, 0) is 18.4 Å². The number of hydrogen-bond acceptors (Lipinski definition) is 2. The quantitative estimate of drug-likeness (QED) is 0.856. The van der Waals surface area contributed by atoms with Crippen LogP contribution in [0, 0.1) is 0 Å². The Bertz CT molecular complexity index is 654. The maximum absolute atomic E-state index is 11.8. The zero-order valence-electron chi connectivity index (χ0n) is 12.1. The molecule has 0 radical (unpaired) electrons. The SMILES string of the molecule is Cn1nc(CNC(=O)C=Cc2ccccc2)cc1C1CC1. The van der Waals surface area contributed by atoms with Crippen LogP contribution in [-0.4, -0.2) is 15.7 Å². The zero-order chi connectivity index (χ0) is 14.7. The molecule has 1 amide bonds. The second-order valence-electron chi connectivity index (χ2n) is 5.42. The van der Waals surface area contributed by atoms with Gasteiger partial charge in [-0.25, -0.2) is 0 Å². The molecule has 0 unspecified atom stereocenters. The van der Waals surface area contributed by atoms with Crippen molar-refractivity contribution in [3.05, 3.63) is 59.4 Å². The van der Waals surface area contributed by atoms with Crippen molar-refractivity contribution >= 4 is 12.0 Å². The van der Waals surface area contributed by atoms with E-state index in [1.165, 1.54) is 18.5 Å². The van der Waals surface area contributed by atoms with E-state index in [2.05, 4.69) is 16.5 Å². The molecule has 21 heavy (non-hydrogen) atoms. The first kappa shape index (κ1) is 13.6. The number of nitrogens with one attached hydrogen (secondary N) is 1. The van der Waals surface area contributed by atoms with Crippen LogP contribution in [0.3, 0.4) is 0 Å². The van der Waals surface area contributed by atoms with Crippen LogP contribution in [0.2, 0.25) is 0 Å². The standard InChI is InChI=1S/C17H19N3O/c1-20-16(14-8-9-14)11-15(19-20)12-18-17(21)10-7-13-5-3-2-4-6-13/h2-7,10-11,14H,8-9,12H2,1H3,(H,18,21). The van der Waals surface area contributed by atoms with Gasteiger partial charge < -0.3 is 5.32 Å². The molecule has 1 N–H and O–H groups in total. The van der Waals surface area contributed by atoms with Gasteiger partial charge in [-0.15, -0.1) is 0 Å². The van der Waals surface area contributed by atoms with Gasteiger partial charge in [0.25, 0.3) is 0 Å². The Balaban J connectivity index is 1.54. The van der Waals surface area contributed by atoms with Crippen molar-refractivity contribution in [3.63, 3.8) is 0 Å². The van der Waals surface area contributed by atoms with Crippen LogP contribution >= 0.6 is 0 Å². The number of carbonyl (C=O) groups is 1. The first-order valence-electron chi connectivity index (χ1n) is 7.26. The molecule has 0 spiro atoms. The summed E-state index contributed by atoms with van der Waals surface area (Å²) in [6.45, 7) is 0.471. The van der Waals surface area contributed by atoms with Gasteiger partial charge in [0.15, 0.2) is 0 Å². The summed E-state index contributed by atoms with van der Waals surface area (Å²) < 4.78 is 1.93. The number of nitrogens with zero attached hydrogens (tertiary/aromatic N) is 2. The Morgan fingerprint density at radius 3 is 2.86 bits per heavy atom.